The van der Waals surface area contributed by atoms with Gasteiger partial charge in [0.2, 0.25) is 10.0 Å². The lowest BCUT2D eigenvalue weighted by molar-refractivity contribution is -0.114. The second-order valence-corrected chi connectivity index (χ2v) is 10.9. The van der Waals surface area contributed by atoms with Crippen LogP contribution in [0.3, 0.4) is 0 Å². The van der Waals surface area contributed by atoms with Crippen molar-refractivity contribution < 1.29 is 13.2 Å². The maximum atomic E-state index is 14.1. The lowest BCUT2D eigenvalue weighted by Crippen LogP contribution is -2.62. The van der Waals surface area contributed by atoms with Crippen molar-refractivity contribution in [1.82, 2.24) is 14.6 Å². The number of piperidine rings is 1. The number of hydrogen-bond donors (Lipinski definition) is 1. The van der Waals surface area contributed by atoms with Crippen LogP contribution in [-0.4, -0.2) is 37.7 Å². The van der Waals surface area contributed by atoms with Gasteiger partial charge in [0.05, 0.1) is 10.8 Å². The molecular formula is C29H29N3O3S. The van der Waals surface area contributed by atoms with Gasteiger partial charge in [-0.05, 0) is 52.9 Å². The fourth-order valence-electron chi connectivity index (χ4n) is 5.26. The van der Waals surface area contributed by atoms with Crippen LogP contribution >= 0.6 is 0 Å². The molecule has 1 fully saturated rings. The Morgan fingerprint density at radius 1 is 0.861 bits per heavy atom. The number of nitrogens with one attached hydrogen (secondary N) is 1. The van der Waals surface area contributed by atoms with Crippen LogP contribution in [0.4, 0.5) is 0 Å². The summed E-state index contributed by atoms with van der Waals surface area (Å²) in [7, 11) is -4.04. The number of benzene rings is 3. The summed E-state index contributed by atoms with van der Waals surface area (Å²) in [5.41, 5.74) is 0.0529. The highest BCUT2D eigenvalue weighted by Crippen LogP contribution is 2.41. The van der Waals surface area contributed by atoms with E-state index in [4.69, 9.17) is 0 Å². The number of hydrogen-bond acceptors (Lipinski definition) is 5. The van der Waals surface area contributed by atoms with Crippen LogP contribution in [0.15, 0.2) is 102 Å². The average Bonchev–Trinajstić information content (AvgIpc) is 2.94. The zero-order valence-electron chi connectivity index (χ0n) is 20.0. The Morgan fingerprint density at radius 2 is 1.58 bits per heavy atom. The van der Waals surface area contributed by atoms with Crippen LogP contribution in [0.5, 0.6) is 0 Å². The average molecular weight is 500 g/mol. The van der Waals surface area contributed by atoms with Gasteiger partial charge in [0.25, 0.3) is 0 Å². The largest absolute Gasteiger partial charge is 0.303 e. The summed E-state index contributed by atoms with van der Waals surface area (Å²) in [6.45, 7) is 1.33. The van der Waals surface area contributed by atoms with Gasteiger partial charge < -0.3 is 4.79 Å². The summed E-state index contributed by atoms with van der Waals surface area (Å²) in [6.07, 6.45) is 7.05. The van der Waals surface area contributed by atoms with Crippen molar-refractivity contribution in [1.29, 1.82) is 0 Å². The van der Waals surface area contributed by atoms with Gasteiger partial charge in [-0.25, -0.2) is 8.42 Å². The summed E-state index contributed by atoms with van der Waals surface area (Å²) in [6, 6.07) is 25.8. The molecule has 2 atom stereocenters. The Balaban J connectivity index is 1.71. The SMILES string of the molecule is O=CC(c1cccnc1)C(NS(=O)(=O)c1ccc2ccccc2c1)(c1ccccc1)N1CCCCC1. The minimum atomic E-state index is -4.04. The Labute approximate surface area is 212 Å². The summed E-state index contributed by atoms with van der Waals surface area (Å²) < 4.78 is 31.2. The summed E-state index contributed by atoms with van der Waals surface area (Å²) in [4.78, 5) is 19.4. The third kappa shape index (κ3) is 4.57. The molecule has 5 rings (SSSR count). The molecule has 0 spiro atoms. The van der Waals surface area contributed by atoms with E-state index in [2.05, 4.69) is 14.6 Å². The smallest absolute Gasteiger partial charge is 0.242 e. The highest BCUT2D eigenvalue weighted by Gasteiger charge is 2.49. The molecular weight excluding hydrogens is 470 g/mol. The molecule has 7 heteroatoms. The van der Waals surface area contributed by atoms with Crippen molar-refractivity contribution in [2.75, 3.05) is 13.1 Å². The lowest BCUT2D eigenvalue weighted by Gasteiger charge is -2.49. The second kappa shape index (κ2) is 10.3. The Bertz CT molecular complexity index is 1440. The van der Waals surface area contributed by atoms with E-state index in [1.54, 1.807) is 30.6 Å². The monoisotopic (exact) mass is 499 g/mol. The first kappa shape index (κ1) is 24.3. The van der Waals surface area contributed by atoms with Gasteiger partial charge in [0.15, 0.2) is 0 Å². The molecule has 184 valence electrons. The molecule has 1 aliphatic rings. The summed E-state index contributed by atoms with van der Waals surface area (Å²) in [5.74, 6) is -0.818. The van der Waals surface area contributed by atoms with Gasteiger partial charge in [-0.2, -0.15) is 4.72 Å². The van der Waals surface area contributed by atoms with E-state index in [9.17, 15) is 13.2 Å². The summed E-state index contributed by atoms with van der Waals surface area (Å²) in [5, 5.41) is 1.80. The number of aldehydes is 1. The van der Waals surface area contributed by atoms with Crippen LogP contribution < -0.4 is 4.72 Å². The number of carbonyl (C=O) groups is 1. The van der Waals surface area contributed by atoms with E-state index in [1.165, 1.54) is 0 Å². The molecule has 0 bridgehead atoms. The maximum absolute atomic E-state index is 14.1. The number of likely N-dealkylation sites (tertiary alicyclic amines) is 1. The van der Waals surface area contributed by atoms with Crippen molar-refractivity contribution in [3.8, 4) is 0 Å². The molecule has 6 nitrogen and oxygen atoms in total. The molecule has 1 N–H and O–H groups in total. The Hall–Kier alpha value is -3.39. The summed E-state index contributed by atoms with van der Waals surface area (Å²) >= 11 is 0. The number of carbonyl (C=O) groups excluding carboxylic acids is 1. The molecule has 0 saturated carbocycles. The van der Waals surface area contributed by atoms with E-state index in [0.29, 0.717) is 18.7 Å². The van der Waals surface area contributed by atoms with Gasteiger partial charge in [-0.15, -0.1) is 0 Å². The zero-order chi connectivity index (χ0) is 25.0. The van der Waals surface area contributed by atoms with Gasteiger partial charge in [0.1, 0.15) is 11.9 Å². The Morgan fingerprint density at radius 3 is 2.28 bits per heavy atom. The van der Waals surface area contributed by atoms with Crippen molar-refractivity contribution in [2.45, 2.75) is 35.7 Å². The number of pyridine rings is 1. The predicted molar refractivity (Wildman–Crippen MR) is 141 cm³/mol. The van der Waals surface area contributed by atoms with Crippen LogP contribution in [0.2, 0.25) is 0 Å². The van der Waals surface area contributed by atoms with Crippen molar-refractivity contribution in [3.63, 3.8) is 0 Å². The minimum Gasteiger partial charge on any atom is -0.303 e. The molecule has 1 aromatic heterocycles. The fourth-order valence-corrected chi connectivity index (χ4v) is 6.69. The van der Waals surface area contributed by atoms with Crippen LogP contribution in [0.1, 0.15) is 36.3 Å². The molecule has 1 saturated heterocycles. The van der Waals surface area contributed by atoms with Crippen molar-refractivity contribution in [2.24, 2.45) is 0 Å². The molecule has 4 aromatic rings. The molecule has 0 amide bonds. The number of rotatable bonds is 8. The van der Waals surface area contributed by atoms with Crippen molar-refractivity contribution >= 4 is 27.1 Å². The van der Waals surface area contributed by atoms with E-state index in [-0.39, 0.29) is 4.90 Å². The first-order valence-corrected chi connectivity index (χ1v) is 13.7. The minimum absolute atomic E-state index is 0.161. The highest BCUT2D eigenvalue weighted by atomic mass is 32.2. The Kier molecular flexibility index (Phi) is 6.96. The fraction of sp³-hybridized carbons (Fsp3) is 0.241. The zero-order valence-corrected chi connectivity index (χ0v) is 20.8. The molecule has 2 unspecified atom stereocenters. The predicted octanol–water partition coefficient (Wildman–Crippen LogP) is 4.83. The molecule has 0 aliphatic carbocycles. The van der Waals surface area contributed by atoms with E-state index in [0.717, 1.165) is 41.9 Å². The highest BCUT2D eigenvalue weighted by molar-refractivity contribution is 7.89. The third-order valence-electron chi connectivity index (χ3n) is 7.02. The van der Waals surface area contributed by atoms with Gasteiger partial charge >= 0.3 is 0 Å². The molecule has 36 heavy (non-hydrogen) atoms. The van der Waals surface area contributed by atoms with Gasteiger partial charge in [-0.1, -0.05) is 73.2 Å². The first-order chi connectivity index (χ1) is 17.5. The number of fused-ring (bicyclic) bond motifs is 1. The first-order valence-electron chi connectivity index (χ1n) is 12.2. The second-order valence-electron chi connectivity index (χ2n) is 9.19. The van der Waals surface area contributed by atoms with E-state index < -0.39 is 21.6 Å². The third-order valence-corrected chi connectivity index (χ3v) is 8.47. The van der Waals surface area contributed by atoms with Crippen molar-refractivity contribution in [3.05, 3.63) is 108 Å². The number of nitrogens with zero attached hydrogens (tertiary/aromatic N) is 2. The topological polar surface area (TPSA) is 79.4 Å². The number of aromatic nitrogens is 1. The lowest BCUT2D eigenvalue weighted by atomic mass is 9.80. The van der Waals surface area contributed by atoms with Crippen LogP contribution in [0.25, 0.3) is 10.8 Å². The quantitative estimate of drug-likeness (QED) is 0.351. The van der Waals surface area contributed by atoms with Gasteiger partial charge in [-0.3, -0.25) is 9.88 Å². The van der Waals surface area contributed by atoms with E-state index >= 15 is 0 Å². The number of sulfonamides is 1. The molecule has 0 radical (unpaired) electrons. The van der Waals surface area contributed by atoms with Crippen LogP contribution in [0, 0.1) is 0 Å². The molecule has 3 aromatic carbocycles. The van der Waals surface area contributed by atoms with E-state index in [1.807, 2.05) is 66.7 Å². The molecule has 1 aliphatic heterocycles. The normalized spacial score (nSPS) is 17.3. The van der Waals surface area contributed by atoms with Gasteiger partial charge in [0, 0.05) is 25.5 Å². The van der Waals surface area contributed by atoms with Crippen LogP contribution in [-0.2, 0) is 20.5 Å². The maximum Gasteiger partial charge on any atom is 0.242 e. The standard InChI is InChI=1S/C29H29N3O3S/c33-22-28(25-12-9-17-30-21-25)29(26-13-3-1-4-14-26,32-18-7-2-8-19-32)31-36(34,35)27-16-15-23-10-5-6-11-24(23)20-27/h1,3-6,9-17,20-22,28,31H,2,7-8,18-19H2. The molecule has 2 heterocycles.